The van der Waals surface area contributed by atoms with E-state index in [1.807, 2.05) is 12.1 Å². The summed E-state index contributed by atoms with van der Waals surface area (Å²) in [6.45, 7) is 3.94. The summed E-state index contributed by atoms with van der Waals surface area (Å²) in [4.78, 5) is 14.8. The van der Waals surface area contributed by atoms with Gasteiger partial charge in [-0.1, -0.05) is 19.3 Å². The predicted molar refractivity (Wildman–Crippen MR) is 128 cm³/mol. The number of hydrogen-bond donors (Lipinski definition) is 1. The molecule has 1 aliphatic heterocycles. The minimum Gasteiger partial charge on any atom is -0.496 e. The van der Waals surface area contributed by atoms with Gasteiger partial charge in [-0.05, 0) is 18.9 Å². The van der Waals surface area contributed by atoms with Crippen molar-refractivity contribution in [3.63, 3.8) is 0 Å². The molecule has 0 bridgehead atoms. The first-order valence-electron chi connectivity index (χ1n) is 12.3. The van der Waals surface area contributed by atoms with Gasteiger partial charge in [0, 0.05) is 63.1 Å². The number of carbonyl (C=O) groups excluding carboxylic acids is 1. The van der Waals surface area contributed by atoms with Crippen LogP contribution >= 0.6 is 0 Å². The predicted octanol–water partition coefficient (Wildman–Crippen LogP) is 2.60. The number of nitrogens with zero attached hydrogens (tertiary/aromatic N) is 4. The number of amides is 1. The van der Waals surface area contributed by atoms with E-state index in [4.69, 9.17) is 14.2 Å². The molecule has 0 saturated heterocycles. The maximum absolute atomic E-state index is 12.4. The summed E-state index contributed by atoms with van der Waals surface area (Å²) < 4.78 is 18.7. The second-order valence-electron chi connectivity index (χ2n) is 9.11. The molecule has 2 heterocycles. The van der Waals surface area contributed by atoms with Crippen LogP contribution in [-0.4, -0.2) is 66.5 Å². The van der Waals surface area contributed by atoms with Crippen LogP contribution in [0.5, 0.6) is 17.2 Å². The Bertz CT molecular complexity index is 970. The van der Waals surface area contributed by atoms with Crippen LogP contribution in [-0.2, 0) is 30.7 Å². The number of benzene rings is 1. The lowest BCUT2D eigenvalue weighted by molar-refractivity contribution is -0.125. The Kier molecular flexibility index (Phi) is 8.26. The van der Waals surface area contributed by atoms with Crippen molar-refractivity contribution in [3.8, 4) is 17.2 Å². The number of fused-ring (bicyclic) bond motifs is 1. The highest BCUT2D eigenvalue weighted by Gasteiger charge is 2.23. The first-order valence-corrected chi connectivity index (χ1v) is 12.3. The zero-order valence-electron chi connectivity index (χ0n) is 20.6. The quantitative estimate of drug-likeness (QED) is 0.601. The van der Waals surface area contributed by atoms with E-state index in [1.165, 1.54) is 19.3 Å². The molecule has 2 aromatic rings. The average molecular weight is 472 g/mol. The molecule has 2 aliphatic rings. The van der Waals surface area contributed by atoms with Crippen LogP contribution < -0.4 is 19.5 Å². The summed E-state index contributed by atoms with van der Waals surface area (Å²) in [5, 5.41) is 12.0. The molecule has 0 radical (unpaired) electrons. The smallest absolute Gasteiger partial charge is 0.223 e. The third-order valence-electron chi connectivity index (χ3n) is 7.00. The molecule has 1 fully saturated rings. The van der Waals surface area contributed by atoms with Gasteiger partial charge in [0.25, 0.3) is 0 Å². The molecule has 0 unspecified atom stereocenters. The van der Waals surface area contributed by atoms with Crippen LogP contribution in [0.2, 0.25) is 0 Å². The first-order chi connectivity index (χ1) is 16.6. The summed E-state index contributed by atoms with van der Waals surface area (Å²) in [5.74, 6) is 4.49. The van der Waals surface area contributed by atoms with Crippen LogP contribution in [0.1, 0.15) is 49.3 Å². The Morgan fingerprint density at radius 2 is 1.71 bits per heavy atom. The van der Waals surface area contributed by atoms with Gasteiger partial charge in [0.15, 0.2) is 11.5 Å². The number of ether oxygens (including phenoxy) is 3. The lowest BCUT2D eigenvalue weighted by Gasteiger charge is -2.22. The minimum atomic E-state index is 0.186. The van der Waals surface area contributed by atoms with E-state index in [1.54, 1.807) is 21.3 Å². The van der Waals surface area contributed by atoms with E-state index in [9.17, 15) is 4.79 Å². The van der Waals surface area contributed by atoms with E-state index in [0.717, 1.165) is 68.4 Å². The van der Waals surface area contributed by atoms with Crippen molar-refractivity contribution in [1.82, 2.24) is 25.0 Å². The molecule has 0 spiro atoms. The molecular formula is C25H37N5O4. The third-order valence-corrected chi connectivity index (χ3v) is 7.00. The van der Waals surface area contributed by atoms with Crippen LogP contribution in [0, 0.1) is 5.92 Å². The highest BCUT2D eigenvalue weighted by atomic mass is 16.5. The first kappa shape index (κ1) is 24.3. The van der Waals surface area contributed by atoms with Gasteiger partial charge in [-0.2, -0.15) is 0 Å². The molecule has 9 nitrogen and oxygen atoms in total. The van der Waals surface area contributed by atoms with Crippen LogP contribution in [0.3, 0.4) is 0 Å². The Balaban J connectivity index is 1.34. The van der Waals surface area contributed by atoms with E-state index in [-0.39, 0.29) is 11.8 Å². The lowest BCUT2D eigenvalue weighted by Crippen LogP contribution is -2.33. The van der Waals surface area contributed by atoms with Gasteiger partial charge in [-0.3, -0.25) is 9.69 Å². The number of hydrogen-bond acceptors (Lipinski definition) is 7. The summed E-state index contributed by atoms with van der Waals surface area (Å²) in [7, 11) is 4.94. The SMILES string of the molecule is COc1cc(OC)c(OC)cc1CN1CCc2nnc(CCNC(=O)C3CCCCC3)n2CC1. The van der Waals surface area contributed by atoms with Gasteiger partial charge in [0.2, 0.25) is 5.91 Å². The summed E-state index contributed by atoms with van der Waals surface area (Å²) in [6.07, 6.45) is 7.17. The molecule has 4 rings (SSSR count). The Hall–Kier alpha value is -2.81. The van der Waals surface area contributed by atoms with Crippen molar-refractivity contribution in [2.45, 2.75) is 58.0 Å². The maximum Gasteiger partial charge on any atom is 0.223 e. The fourth-order valence-corrected chi connectivity index (χ4v) is 5.03. The second kappa shape index (κ2) is 11.6. The topological polar surface area (TPSA) is 90.7 Å². The number of aromatic nitrogens is 3. The van der Waals surface area contributed by atoms with Crippen molar-refractivity contribution in [2.75, 3.05) is 41.0 Å². The van der Waals surface area contributed by atoms with Gasteiger partial charge in [0.05, 0.1) is 21.3 Å². The molecule has 186 valence electrons. The summed E-state index contributed by atoms with van der Waals surface area (Å²) in [5.41, 5.74) is 1.06. The van der Waals surface area contributed by atoms with Crippen molar-refractivity contribution in [3.05, 3.63) is 29.3 Å². The van der Waals surface area contributed by atoms with Gasteiger partial charge in [-0.25, -0.2) is 0 Å². The van der Waals surface area contributed by atoms with Crippen LogP contribution in [0.15, 0.2) is 12.1 Å². The molecule has 9 heteroatoms. The summed E-state index contributed by atoms with van der Waals surface area (Å²) >= 11 is 0. The molecule has 0 atom stereocenters. The van der Waals surface area contributed by atoms with Gasteiger partial charge < -0.3 is 24.1 Å². The van der Waals surface area contributed by atoms with Gasteiger partial charge >= 0.3 is 0 Å². The van der Waals surface area contributed by atoms with Crippen molar-refractivity contribution in [2.24, 2.45) is 5.92 Å². The summed E-state index contributed by atoms with van der Waals surface area (Å²) in [6, 6.07) is 3.86. The molecule has 1 amide bonds. The van der Waals surface area contributed by atoms with E-state index < -0.39 is 0 Å². The molecule has 1 N–H and O–H groups in total. The van der Waals surface area contributed by atoms with Crippen LogP contribution in [0.4, 0.5) is 0 Å². The van der Waals surface area contributed by atoms with Crippen molar-refractivity contribution < 1.29 is 19.0 Å². The standard InChI is InChI=1S/C25H37N5O4/c1-32-20-16-22(34-3)21(33-2)15-19(20)17-29-12-10-24-28-27-23(30(24)14-13-29)9-11-26-25(31)18-7-5-4-6-8-18/h15-16,18H,4-14,17H2,1-3H3,(H,26,31). The fraction of sp³-hybridized carbons (Fsp3) is 0.640. The number of nitrogens with one attached hydrogen (secondary N) is 1. The number of carbonyl (C=O) groups is 1. The van der Waals surface area contributed by atoms with Crippen molar-refractivity contribution >= 4 is 5.91 Å². The Labute approximate surface area is 201 Å². The van der Waals surface area contributed by atoms with Crippen molar-refractivity contribution in [1.29, 1.82) is 0 Å². The third kappa shape index (κ3) is 5.63. The molecular weight excluding hydrogens is 434 g/mol. The molecule has 1 saturated carbocycles. The fourth-order valence-electron chi connectivity index (χ4n) is 5.03. The lowest BCUT2D eigenvalue weighted by atomic mass is 9.89. The molecule has 34 heavy (non-hydrogen) atoms. The minimum absolute atomic E-state index is 0.186. The monoisotopic (exact) mass is 471 g/mol. The van der Waals surface area contributed by atoms with E-state index in [2.05, 4.69) is 25.0 Å². The van der Waals surface area contributed by atoms with E-state index >= 15 is 0 Å². The molecule has 1 aliphatic carbocycles. The zero-order valence-corrected chi connectivity index (χ0v) is 20.6. The van der Waals surface area contributed by atoms with Crippen LogP contribution in [0.25, 0.3) is 0 Å². The highest BCUT2D eigenvalue weighted by Crippen LogP contribution is 2.35. The van der Waals surface area contributed by atoms with Gasteiger partial charge in [-0.15, -0.1) is 10.2 Å². The average Bonchev–Trinajstić information content (AvgIpc) is 3.15. The van der Waals surface area contributed by atoms with Gasteiger partial charge in [0.1, 0.15) is 17.4 Å². The largest absolute Gasteiger partial charge is 0.496 e. The second-order valence-corrected chi connectivity index (χ2v) is 9.11. The Morgan fingerprint density at radius 3 is 2.44 bits per heavy atom. The zero-order chi connectivity index (χ0) is 23.9. The molecule has 1 aromatic carbocycles. The molecule has 1 aromatic heterocycles. The number of rotatable bonds is 9. The number of methoxy groups -OCH3 is 3. The maximum atomic E-state index is 12.4. The van der Waals surface area contributed by atoms with E-state index in [0.29, 0.717) is 24.5 Å². The highest BCUT2D eigenvalue weighted by molar-refractivity contribution is 5.78. The normalized spacial score (nSPS) is 17.0. The Morgan fingerprint density at radius 1 is 0.971 bits per heavy atom.